The molecule has 0 saturated carbocycles. The van der Waals surface area contributed by atoms with Crippen LogP contribution in [0.2, 0.25) is 0 Å². The Labute approximate surface area is 149 Å². The Balaban J connectivity index is 2.10. The summed E-state index contributed by atoms with van der Waals surface area (Å²) in [7, 11) is 0. The first kappa shape index (κ1) is 18.5. The minimum absolute atomic E-state index is 0.128. The molecule has 130 valence electrons. The number of carbonyl (C=O) groups is 2. The van der Waals surface area contributed by atoms with Gasteiger partial charge in [-0.15, -0.1) is 0 Å². The fraction of sp³-hybridized carbons (Fsp3) is 0.412. The molecule has 1 aromatic rings. The molecule has 2 N–H and O–H groups in total. The average Bonchev–Trinajstić information content (AvgIpc) is 2.52. The number of carboxylic acids is 1. The molecule has 0 aromatic heterocycles. The lowest BCUT2D eigenvalue weighted by Crippen LogP contribution is -2.44. The van der Waals surface area contributed by atoms with Gasteiger partial charge in [-0.05, 0) is 36.8 Å². The van der Waals surface area contributed by atoms with Crippen molar-refractivity contribution in [3.8, 4) is 5.75 Å². The van der Waals surface area contributed by atoms with E-state index in [1.807, 2.05) is 29.2 Å². The molecule has 6 nitrogen and oxygen atoms in total. The number of ether oxygens (including phenoxy) is 1. The van der Waals surface area contributed by atoms with Gasteiger partial charge in [0.1, 0.15) is 18.4 Å². The zero-order chi connectivity index (χ0) is 17.7. The first-order chi connectivity index (χ1) is 11.4. The number of benzene rings is 1. The van der Waals surface area contributed by atoms with E-state index in [9.17, 15) is 14.7 Å². The zero-order valence-corrected chi connectivity index (χ0v) is 15.3. The molecule has 0 spiro atoms. The lowest BCUT2D eigenvalue weighted by Gasteiger charge is -2.29. The largest absolute Gasteiger partial charge is 0.489 e. The van der Waals surface area contributed by atoms with Gasteiger partial charge in [0.05, 0.1) is 0 Å². The predicted molar refractivity (Wildman–Crippen MR) is 95.0 cm³/mol. The highest BCUT2D eigenvalue weighted by atomic mass is 79.9. The Morgan fingerprint density at radius 1 is 1.46 bits per heavy atom. The number of nitrogens with one attached hydrogen (secondary N) is 1. The van der Waals surface area contributed by atoms with Crippen LogP contribution in [-0.2, 0) is 9.59 Å². The molecule has 0 aliphatic carbocycles. The second-order valence-electron chi connectivity index (χ2n) is 5.74. The van der Waals surface area contributed by atoms with E-state index in [1.54, 1.807) is 6.92 Å². The number of hydrogen-bond donors (Lipinski definition) is 2. The van der Waals surface area contributed by atoms with Gasteiger partial charge in [0.2, 0.25) is 5.91 Å². The van der Waals surface area contributed by atoms with Gasteiger partial charge in [-0.2, -0.15) is 0 Å². The first-order valence-electron chi connectivity index (χ1n) is 7.70. The fourth-order valence-electron chi connectivity index (χ4n) is 2.49. The Morgan fingerprint density at radius 2 is 2.21 bits per heavy atom. The Bertz CT molecular complexity index is 660. The lowest BCUT2D eigenvalue weighted by molar-refractivity contribution is -0.142. The van der Waals surface area contributed by atoms with E-state index in [4.69, 9.17) is 4.74 Å². The van der Waals surface area contributed by atoms with Crippen molar-refractivity contribution in [2.45, 2.75) is 19.9 Å². The summed E-state index contributed by atoms with van der Waals surface area (Å²) < 4.78 is 6.70. The average molecular weight is 397 g/mol. The number of rotatable bonds is 7. The summed E-state index contributed by atoms with van der Waals surface area (Å²) in [6.45, 7) is 4.84. The van der Waals surface area contributed by atoms with E-state index < -0.39 is 12.0 Å². The molecule has 1 amide bonds. The summed E-state index contributed by atoms with van der Waals surface area (Å²) in [5.41, 5.74) is 1.96. The van der Waals surface area contributed by atoms with Crippen LogP contribution in [0.5, 0.6) is 5.75 Å². The molecule has 0 fully saturated rings. The van der Waals surface area contributed by atoms with Gasteiger partial charge in [0.25, 0.3) is 0 Å². The molecule has 1 heterocycles. The summed E-state index contributed by atoms with van der Waals surface area (Å²) in [6.07, 6.45) is 2.03. The van der Waals surface area contributed by atoms with Gasteiger partial charge in [0.15, 0.2) is 0 Å². The third-order valence-corrected chi connectivity index (χ3v) is 4.32. The lowest BCUT2D eigenvalue weighted by atomic mass is 10.1. The molecule has 24 heavy (non-hydrogen) atoms. The molecule has 2 rings (SSSR count). The second kappa shape index (κ2) is 8.30. The van der Waals surface area contributed by atoms with Crippen LogP contribution in [0.25, 0.3) is 6.08 Å². The van der Waals surface area contributed by atoms with Gasteiger partial charge >= 0.3 is 5.97 Å². The molecule has 7 heteroatoms. The number of aliphatic carboxylic acids is 1. The predicted octanol–water partition coefficient (Wildman–Crippen LogP) is 2.14. The molecule has 0 bridgehead atoms. The number of fused-ring (bicyclic) bond motifs is 1. The van der Waals surface area contributed by atoms with Crippen molar-refractivity contribution in [3.05, 3.63) is 33.8 Å². The highest BCUT2D eigenvalue weighted by molar-refractivity contribution is 9.10. The van der Waals surface area contributed by atoms with Crippen molar-refractivity contribution in [2.24, 2.45) is 0 Å². The number of hydrogen-bond acceptors (Lipinski definition) is 4. The van der Waals surface area contributed by atoms with E-state index in [0.717, 1.165) is 21.4 Å². The first-order valence-corrected chi connectivity index (χ1v) is 8.49. The van der Waals surface area contributed by atoms with Gasteiger partial charge < -0.3 is 15.2 Å². The highest BCUT2D eigenvalue weighted by Gasteiger charge is 2.23. The monoisotopic (exact) mass is 396 g/mol. The number of halogens is 1. The van der Waals surface area contributed by atoms with Crippen LogP contribution < -0.4 is 10.1 Å². The molecule has 1 aromatic carbocycles. The van der Waals surface area contributed by atoms with Gasteiger partial charge in [-0.25, -0.2) is 0 Å². The van der Waals surface area contributed by atoms with Crippen LogP contribution in [-0.4, -0.2) is 54.2 Å². The Hall–Kier alpha value is -1.86. The minimum Gasteiger partial charge on any atom is -0.489 e. The van der Waals surface area contributed by atoms with Crippen LogP contribution in [0, 0.1) is 0 Å². The highest BCUT2D eigenvalue weighted by Crippen LogP contribution is 2.29. The van der Waals surface area contributed by atoms with Crippen molar-refractivity contribution >= 4 is 33.9 Å². The van der Waals surface area contributed by atoms with Crippen molar-refractivity contribution in [3.63, 3.8) is 0 Å². The van der Waals surface area contributed by atoms with E-state index in [1.165, 1.54) is 6.92 Å². The summed E-state index contributed by atoms with van der Waals surface area (Å²) >= 11 is 3.44. The Kier molecular flexibility index (Phi) is 6.39. The summed E-state index contributed by atoms with van der Waals surface area (Å²) in [6, 6.07) is 5.14. The van der Waals surface area contributed by atoms with E-state index in [-0.39, 0.29) is 5.91 Å². The van der Waals surface area contributed by atoms with Crippen molar-refractivity contribution in [2.75, 3.05) is 26.2 Å². The zero-order valence-electron chi connectivity index (χ0n) is 13.7. The molecule has 1 aliphatic rings. The Morgan fingerprint density at radius 3 is 2.88 bits per heavy atom. The van der Waals surface area contributed by atoms with Crippen LogP contribution in [0.3, 0.4) is 0 Å². The molecule has 1 atom stereocenters. The second-order valence-corrected chi connectivity index (χ2v) is 6.66. The molecular weight excluding hydrogens is 376 g/mol. The molecular formula is C17H21BrN2O4. The van der Waals surface area contributed by atoms with Gasteiger partial charge in [-0.3, -0.25) is 14.5 Å². The summed E-state index contributed by atoms with van der Waals surface area (Å²) in [5, 5.41) is 12.0. The molecule has 1 aliphatic heterocycles. The standard InChI is InChI=1S/C17H21BrN2O4/c1-11(17(22)23)20(6-5-19-12(2)21)9-13-7-14-8-15(18)3-4-16(14)24-10-13/h3-4,7-8,11H,5-6,9-10H2,1-2H3,(H,19,21)(H,22,23). The van der Waals surface area contributed by atoms with Crippen LogP contribution >= 0.6 is 15.9 Å². The smallest absolute Gasteiger partial charge is 0.320 e. The van der Waals surface area contributed by atoms with Crippen molar-refractivity contribution in [1.29, 1.82) is 0 Å². The molecule has 1 unspecified atom stereocenters. The summed E-state index contributed by atoms with van der Waals surface area (Å²) in [5.74, 6) is -0.201. The number of nitrogens with zero attached hydrogens (tertiary/aromatic N) is 1. The van der Waals surface area contributed by atoms with Gasteiger partial charge in [-0.1, -0.05) is 15.9 Å². The maximum atomic E-state index is 11.3. The van der Waals surface area contributed by atoms with E-state index in [0.29, 0.717) is 26.2 Å². The van der Waals surface area contributed by atoms with Crippen molar-refractivity contribution in [1.82, 2.24) is 10.2 Å². The molecule has 0 saturated heterocycles. The molecule has 0 radical (unpaired) electrons. The topological polar surface area (TPSA) is 78.9 Å². The van der Waals surface area contributed by atoms with Crippen molar-refractivity contribution < 1.29 is 19.4 Å². The summed E-state index contributed by atoms with van der Waals surface area (Å²) in [4.78, 5) is 24.2. The van der Waals surface area contributed by atoms with Crippen LogP contribution in [0.1, 0.15) is 19.4 Å². The maximum absolute atomic E-state index is 11.3. The quantitative estimate of drug-likeness (QED) is 0.737. The van der Waals surface area contributed by atoms with Crippen LogP contribution in [0.15, 0.2) is 28.2 Å². The SMILES string of the molecule is CC(=O)NCCN(CC1=Cc2cc(Br)ccc2OC1)C(C)C(=O)O. The maximum Gasteiger partial charge on any atom is 0.320 e. The minimum atomic E-state index is -0.890. The normalized spacial score (nSPS) is 14.4. The third kappa shape index (κ3) is 5.07. The van der Waals surface area contributed by atoms with E-state index >= 15 is 0 Å². The van der Waals surface area contributed by atoms with E-state index in [2.05, 4.69) is 21.2 Å². The number of carbonyl (C=O) groups excluding carboxylic acids is 1. The van der Waals surface area contributed by atoms with Gasteiger partial charge in [0, 0.05) is 36.6 Å². The number of amides is 1. The third-order valence-electron chi connectivity index (χ3n) is 3.83. The van der Waals surface area contributed by atoms with Crippen LogP contribution in [0.4, 0.5) is 0 Å². The fourth-order valence-corrected chi connectivity index (χ4v) is 2.87. The number of carboxylic acid groups (broad SMARTS) is 1.